The van der Waals surface area contributed by atoms with Gasteiger partial charge in [-0.3, -0.25) is 9.59 Å². The number of anilines is 2. The quantitative estimate of drug-likeness (QED) is 0.440. The molecule has 0 fully saturated rings. The van der Waals surface area contributed by atoms with Crippen LogP contribution in [0.4, 0.5) is 10.8 Å². The Bertz CT molecular complexity index is 1190. The van der Waals surface area contributed by atoms with E-state index in [1.54, 1.807) is 30.5 Å². The monoisotopic (exact) mass is 404 g/mol. The standard InChI is InChI=1S/C20H16N6O2S/c21-15-5-3-12(4-6-15)19(28)23-9-18(27)26-20-25-17(10-29-20)13-1-2-14-8-22-11-24-16(14)7-13/h1-8,10-11H,9,21H2,(H,23,28)(H,25,26,27). The number of nitrogen functional groups attached to an aromatic ring is 1. The molecule has 0 atom stereocenters. The fourth-order valence-corrected chi connectivity index (χ4v) is 3.39. The van der Waals surface area contributed by atoms with Crippen LogP contribution in [0.25, 0.3) is 22.2 Å². The van der Waals surface area contributed by atoms with Crippen molar-refractivity contribution in [3.8, 4) is 11.3 Å². The van der Waals surface area contributed by atoms with Gasteiger partial charge in [0, 0.05) is 33.8 Å². The highest BCUT2D eigenvalue weighted by molar-refractivity contribution is 7.14. The van der Waals surface area contributed by atoms with Crippen LogP contribution in [-0.2, 0) is 4.79 Å². The summed E-state index contributed by atoms with van der Waals surface area (Å²) in [5.74, 6) is -0.709. The number of carbonyl (C=O) groups excluding carboxylic acids is 2. The van der Waals surface area contributed by atoms with E-state index in [9.17, 15) is 9.59 Å². The van der Waals surface area contributed by atoms with E-state index in [1.807, 2.05) is 23.6 Å². The van der Waals surface area contributed by atoms with E-state index in [0.29, 0.717) is 16.4 Å². The zero-order valence-electron chi connectivity index (χ0n) is 15.1. The summed E-state index contributed by atoms with van der Waals surface area (Å²) in [7, 11) is 0. The second-order valence-corrected chi connectivity index (χ2v) is 7.05. The lowest BCUT2D eigenvalue weighted by atomic mass is 10.1. The Morgan fingerprint density at radius 1 is 1.10 bits per heavy atom. The number of amides is 2. The molecule has 0 aliphatic rings. The van der Waals surface area contributed by atoms with Crippen LogP contribution in [0.3, 0.4) is 0 Å². The number of benzene rings is 2. The minimum absolute atomic E-state index is 0.162. The summed E-state index contributed by atoms with van der Waals surface area (Å²) in [6.07, 6.45) is 3.25. The Balaban J connectivity index is 1.37. The third kappa shape index (κ3) is 4.36. The lowest BCUT2D eigenvalue weighted by Crippen LogP contribution is -2.32. The van der Waals surface area contributed by atoms with Crippen LogP contribution in [0.2, 0.25) is 0 Å². The molecule has 0 radical (unpaired) electrons. The number of aromatic nitrogens is 3. The highest BCUT2D eigenvalue weighted by Gasteiger charge is 2.11. The molecule has 29 heavy (non-hydrogen) atoms. The van der Waals surface area contributed by atoms with Crippen molar-refractivity contribution in [3.05, 3.63) is 65.9 Å². The zero-order valence-corrected chi connectivity index (χ0v) is 15.9. The first kappa shape index (κ1) is 18.5. The van der Waals surface area contributed by atoms with Gasteiger partial charge in [0.25, 0.3) is 5.91 Å². The van der Waals surface area contributed by atoms with Crippen molar-refractivity contribution in [3.63, 3.8) is 0 Å². The van der Waals surface area contributed by atoms with Crippen LogP contribution in [-0.4, -0.2) is 33.3 Å². The molecule has 0 bridgehead atoms. The number of hydrogen-bond donors (Lipinski definition) is 3. The predicted octanol–water partition coefficient (Wildman–Crippen LogP) is 2.70. The summed E-state index contributed by atoms with van der Waals surface area (Å²) in [6.45, 7) is -0.162. The first-order valence-corrected chi connectivity index (χ1v) is 9.56. The number of nitrogens with two attached hydrogens (primary N) is 1. The van der Waals surface area contributed by atoms with Crippen molar-refractivity contribution in [1.29, 1.82) is 0 Å². The molecule has 0 saturated heterocycles. The molecule has 8 nitrogen and oxygen atoms in total. The van der Waals surface area contributed by atoms with Gasteiger partial charge in [0.2, 0.25) is 5.91 Å². The number of nitrogens with zero attached hydrogens (tertiary/aromatic N) is 3. The van der Waals surface area contributed by atoms with Crippen molar-refractivity contribution in [2.45, 2.75) is 0 Å². The summed E-state index contributed by atoms with van der Waals surface area (Å²) in [4.78, 5) is 36.9. The average molecular weight is 404 g/mol. The molecule has 4 rings (SSSR count). The SMILES string of the molecule is Nc1ccc(C(=O)NCC(=O)Nc2nc(-c3ccc4cncnc4c3)cs2)cc1. The first-order chi connectivity index (χ1) is 14.1. The molecular weight excluding hydrogens is 388 g/mol. The first-order valence-electron chi connectivity index (χ1n) is 8.68. The minimum atomic E-state index is -0.360. The summed E-state index contributed by atoms with van der Waals surface area (Å²) in [5.41, 5.74) is 9.05. The second kappa shape index (κ2) is 8.03. The Morgan fingerprint density at radius 3 is 2.76 bits per heavy atom. The highest BCUT2D eigenvalue weighted by Crippen LogP contribution is 2.26. The molecule has 0 unspecified atom stereocenters. The topological polar surface area (TPSA) is 123 Å². The Morgan fingerprint density at radius 2 is 1.93 bits per heavy atom. The summed E-state index contributed by atoms with van der Waals surface area (Å²) in [6, 6.07) is 12.2. The molecule has 4 aromatic rings. The third-order valence-corrected chi connectivity index (χ3v) is 4.89. The normalized spacial score (nSPS) is 10.6. The number of carbonyl (C=O) groups is 2. The van der Waals surface area contributed by atoms with Gasteiger partial charge in [-0.1, -0.05) is 12.1 Å². The van der Waals surface area contributed by atoms with Gasteiger partial charge in [-0.25, -0.2) is 15.0 Å². The van der Waals surface area contributed by atoms with Crippen molar-refractivity contribution in [1.82, 2.24) is 20.3 Å². The molecule has 0 spiro atoms. The molecule has 0 aliphatic heterocycles. The molecule has 2 heterocycles. The number of hydrogen-bond acceptors (Lipinski definition) is 7. The summed E-state index contributed by atoms with van der Waals surface area (Å²) < 4.78 is 0. The molecule has 2 aromatic heterocycles. The number of rotatable bonds is 5. The molecule has 9 heteroatoms. The van der Waals surface area contributed by atoms with Crippen LogP contribution in [0.5, 0.6) is 0 Å². The molecular formula is C20H16N6O2S. The van der Waals surface area contributed by atoms with Crippen LogP contribution < -0.4 is 16.4 Å². The molecule has 4 N–H and O–H groups in total. The minimum Gasteiger partial charge on any atom is -0.399 e. The third-order valence-electron chi connectivity index (χ3n) is 4.14. The van der Waals surface area contributed by atoms with Gasteiger partial charge in [-0.05, 0) is 30.3 Å². The van der Waals surface area contributed by atoms with E-state index in [2.05, 4.69) is 25.6 Å². The van der Waals surface area contributed by atoms with E-state index in [-0.39, 0.29) is 18.4 Å². The largest absolute Gasteiger partial charge is 0.399 e. The van der Waals surface area contributed by atoms with Crippen molar-refractivity contribution < 1.29 is 9.59 Å². The number of thiazole rings is 1. The fraction of sp³-hybridized carbons (Fsp3) is 0.0500. The Labute approximate surface area is 169 Å². The van der Waals surface area contributed by atoms with Gasteiger partial charge in [0.15, 0.2) is 5.13 Å². The maximum absolute atomic E-state index is 12.1. The maximum Gasteiger partial charge on any atom is 0.251 e. The second-order valence-electron chi connectivity index (χ2n) is 6.19. The molecule has 2 amide bonds. The van der Waals surface area contributed by atoms with Crippen molar-refractivity contribution in [2.75, 3.05) is 17.6 Å². The van der Waals surface area contributed by atoms with Crippen LogP contribution in [0.1, 0.15) is 10.4 Å². The van der Waals surface area contributed by atoms with Crippen LogP contribution >= 0.6 is 11.3 Å². The summed E-state index contributed by atoms with van der Waals surface area (Å²) >= 11 is 1.31. The fourth-order valence-electron chi connectivity index (χ4n) is 2.66. The van der Waals surface area contributed by atoms with Crippen molar-refractivity contribution in [2.24, 2.45) is 0 Å². The lowest BCUT2D eigenvalue weighted by molar-refractivity contribution is -0.115. The van der Waals surface area contributed by atoms with Gasteiger partial charge in [0.05, 0.1) is 17.8 Å². The van der Waals surface area contributed by atoms with Gasteiger partial charge >= 0.3 is 0 Å². The van der Waals surface area contributed by atoms with Gasteiger partial charge in [-0.2, -0.15) is 0 Å². The smallest absolute Gasteiger partial charge is 0.251 e. The number of nitrogens with one attached hydrogen (secondary N) is 2. The lowest BCUT2D eigenvalue weighted by Gasteiger charge is -2.05. The van der Waals surface area contributed by atoms with E-state index >= 15 is 0 Å². The van der Waals surface area contributed by atoms with E-state index in [1.165, 1.54) is 17.7 Å². The van der Waals surface area contributed by atoms with E-state index < -0.39 is 0 Å². The Hall–Kier alpha value is -3.85. The molecule has 0 aliphatic carbocycles. The average Bonchev–Trinajstić information content (AvgIpc) is 3.20. The predicted molar refractivity (Wildman–Crippen MR) is 112 cm³/mol. The van der Waals surface area contributed by atoms with Crippen LogP contribution in [0, 0.1) is 0 Å². The van der Waals surface area contributed by atoms with Crippen LogP contribution in [0.15, 0.2) is 60.4 Å². The zero-order chi connectivity index (χ0) is 20.2. The summed E-state index contributed by atoms with van der Waals surface area (Å²) in [5, 5.41) is 8.51. The number of fused-ring (bicyclic) bond motifs is 1. The van der Waals surface area contributed by atoms with Gasteiger partial charge in [-0.15, -0.1) is 11.3 Å². The van der Waals surface area contributed by atoms with Gasteiger partial charge < -0.3 is 16.4 Å². The maximum atomic E-state index is 12.1. The Kier molecular flexibility index (Phi) is 5.12. The molecule has 2 aromatic carbocycles. The molecule has 144 valence electrons. The highest BCUT2D eigenvalue weighted by atomic mass is 32.1. The van der Waals surface area contributed by atoms with Gasteiger partial charge in [0.1, 0.15) is 6.33 Å². The molecule has 0 saturated carbocycles. The van der Waals surface area contributed by atoms with E-state index in [4.69, 9.17) is 5.73 Å². The van der Waals surface area contributed by atoms with E-state index in [0.717, 1.165) is 22.2 Å². The van der Waals surface area contributed by atoms with Crippen molar-refractivity contribution >= 4 is 44.9 Å².